The molecule has 6 nitrogen and oxygen atoms in total. The third-order valence-corrected chi connectivity index (χ3v) is 6.05. The van der Waals surface area contributed by atoms with Crippen LogP contribution in [0.1, 0.15) is 33.8 Å². The van der Waals surface area contributed by atoms with E-state index in [0.717, 1.165) is 29.8 Å². The Labute approximate surface area is 172 Å². The number of carbonyl (C=O) groups is 1. The van der Waals surface area contributed by atoms with Crippen molar-refractivity contribution in [1.82, 2.24) is 19.7 Å². The highest BCUT2D eigenvalue weighted by Crippen LogP contribution is 2.30. The van der Waals surface area contributed by atoms with Crippen LogP contribution in [0.3, 0.4) is 0 Å². The van der Waals surface area contributed by atoms with Crippen molar-refractivity contribution < 1.29 is 4.79 Å². The van der Waals surface area contributed by atoms with Gasteiger partial charge in [-0.3, -0.25) is 15.1 Å². The lowest BCUT2D eigenvalue weighted by molar-refractivity contribution is 0.102. The first kappa shape index (κ1) is 17.8. The number of amides is 1. The normalized spacial score (nSPS) is 13.1. The average Bonchev–Trinajstić information content (AvgIpc) is 3.39. The highest BCUT2D eigenvalue weighted by molar-refractivity contribution is 7.15. The zero-order valence-electron chi connectivity index (χ0n) is 15.7. The van der Waals surface area contributed by atoms with E-state index >= 15 is 0 Å². The van der Waals surface area contributed by atoms with Crippen molar-refractivity contribution in [1.29, 1.82) is 0 Å². The summed E-state index contributed by atoms with van der Waals surface area (Å²) in [6, 6.07) is 13.5. The SMILES string of the molecule is O=C(Nc1nc2c(s1)CCCC2)c1cn(-c2ccccc2)nc1-c1cccnc1. The maximum absolute atomic E-state index is 13.1. The van der Waals surface area contributed by atoms with Crippen LogP contribution in [-0.2, 0) is 12.8 Å². The van der Waals surface area contributed by atoms with Crippen molar-refractivity contribution in [3.05, 3.63) is 77.2 Å². The molecule has 1 amide bonds. The molecule has 0 unspecified atom stereocenters. The minimum atomic E-state index is -0.211. The van der Waals surface area contributed by atoms with Crippen LogP contribution in [0.25, 0.3) is 16.9 Å². The molecular weight excluding hydrogens is 382 g/mol. The van der Waals surface area contributed by atoms with Gasteiger partial charge in [-0.15, -0.1) is 11.3 Å². The Morgan fingerprint density at radius 1 is 1.07 bits per heavy atom. The molecule has 0 saturated carbocycles. The summed E-state index contributed by atoms with van der Waals surface area (Å²) in [7, 11) is 0. The fourth-order valence-corrected chi connectivity index (χ4v) is 4.58. The summed E-state index contributed by atoms with van der Waals surface area (Å²) in [6.45, 7) is 0. The van der Waals surface area contributed by atoms with E-state index in [1.807, 2.05) is 42.5 Å². The highest BCUT2D eigenvalue weighted by atomic mass is 32.1. The summed E-state index contributed by atoms with van der Waals surface area (Å²) in [6.07, 6.45) is 9.59. The molecule has 29 heavy (non-hydrogen) atoms. The monoisotopic (exact) mass is 401 g/mol. The Kier molecular flexibility index (Phi) is 4.65. The predicted molar refractivity (Wildman–Crippen MR) is 114 cm³/mol. The van der Waals surface area contributed by atoms with Crippen molar-refractivity contribution in [3.63, 3.8) is 0 Å². The largest absolute Gasteiger partial charge is 0.298 e. The summed E-state index contributed by atoms with van der Waals surface area (Å²) in [5, 5.41) is 8.32. The van der Waals surface area contributed by atoms with Crippen LogP contribution in [0, 0.1) is 0 Å². The third-order valence-electron chi connectivity index (χ3n) is 4.98. The average molecular weight is 401 g/mol. The number of carbonyl (C=O) groups excluding carboxylic acids is 1. The van der Waals surface area contributed by atoms with E-state index in [2.05, 4.69) is 20.4 Å². The maximum atomic E-state index is 13.1. The topological polar surface area (TPSA) is 72.7 Å². The third kappa shape index (κ3) is 3.56. The molecule has 0 saturated heterocycles. The molecule has 1 aliphatic carbocycles. The Hall–Kier alpha value is -3.32. The summed E-state index contributed by atoms with van der Waals surface area (Å²) >= 11 is 1.58. The Bertz CT molecular complexity index is 1130. The van der Waals surface area contributed by atoms with E-state index in [-0.39, 0.29) is 5.91 Å². The number of hydrogen-bond acceptors (Lipinski definition) is 5. The summed E-state index contributed by atoms with van der Waals surface area (Å²) in [5.74, 6) is -0.211. The quantitative estimate of drug-likeness (QED) is 0.546. The predicted octanol–water partition coefficient (Wildman–Crippen LogP) is 4.52. The van der Waals surface area contributed by atoms with E-state index in [0.29, 0.717) is 16.4 Å². The van der Waals surface area contributed by atoms with E-state index in [1.54, 1.807) is 34.6 Å². The summed E-state index contributed by atoms with van der Waals surface area (Å²) in [4.78, 5) is 23.2. The van der Waals surface area contributed by atoms with Crippen LogP contribution < -0.4 is 5.32 Å². The second-order valence-corrected chi connectivity index (χ2v) is 8.05. The number of fused-ring (bicyclic) bond motifs is 1. The molecule has 0 atom stereocenters. The van der Waals surface area contributed by atoms with Crippen molar-refractivity contribution in [2.24, 2.45) is 0 Å². The zero-order chi connectivity index (χ0) is 19.6. The lowest BCUT2D eigenvalue weighted by Gasteiger charge is -2.06. The van der Waals surface area contributed by atoms with Crippen LogP contribution in [0.4, 0.5) is 5.13 Å². The van der Waals surface area contributed by atoms with Gasteiger partial charge in [0.15, 0.2) is 5.13 Å². The van der Waals surface area contributed by atoms with Gasteiger partial charge in [0.25, 0.3) is 5.91 Å². The van der Waals surface area contributed by atoms with Gasteiger partial charge >= 0.3 is 0 Å². The molecule has 3 aromatic heterocycles. The zero-order valence-corrected chi connectivity index (χ0v) is 16.5. The fourth-order valence-electron chi connectivity index (χ4n) is 3.54. The van der Waals surface area contributed by atoms with Crippen molar-refractivity contribution >= 4 is 22.4 Å². The molecule has 0 fully saturated rings. The molecule has 1 aromatic carbocycles. The Balaban J connectivity index is 1.51. The first-order valence-corrected chi connectivity index (χ1v) is 10.4. The molecule has 144 valence electrons. The molecule has 1 aliphatic rings. The molecule has 0 radical (unpaired) electrons. The number of hydrogen-bond donors (Lipinski definition) is 1. The number of nitrogens with one attached hydrogen (secondary N) is 1. The molecular formula is C22H19N5OS. The molecule has 5 rings (SSSR count). The first-order chi connectivity index (χ1) is 14.3. The van der Waals surface area contributed by atoms with Crippen LogP contribution in [0.5, 0.6) is 0 Å². The Morgan fingerprint density at radius 3 is 2.72 bits per heavy atom. The van der Waals surface area contributed by atoms with Gasteiger partial charge in [-0.25, -0.2) is 9.67 Å². The minimum Gasteiger partial charge on any atom is -0.298 e. The van der Waals surface area contributed by atoms with Gasteiger partial charge in [0.05, 0.1) is 16.9 Å². The molecule has 0 spiro atoms. The van der Waals surface area contributed by atoms with Gasteiger partial charge in [-0.2, -0.15) is 5.10 Å². The van der Waals surface area contributed by atoms with Gasteiger partial charge in [-0.1, -0.05) is 18.2 Å². The van der Waals surface area contributed by atoms with Crippen molar-refractivity contribution in [2.45, 2.75) is 25.7 Å². The van der Waals surface area contributed by atoms with Crippen LogP contribution >= 0.6 is 11.3 Å². The molecule has 7 heteroatoms. The number of aromatic nitrogens is 4. The van der Waals surface area contributed by atoms with Crippen LogP contribution in [0.15, 0.2) is 61.1 Å². The molecule has 3 heterocycles. The molecule has 1 N–H and O–H groups in total. The van der Waals surface area contributed by atoms with Gasteiger partial charge in [-0.05, 0) is 49.9 Å². The van der Waals surface area contributed by atoms with Crippen molar-refractivity contribution in [2.75, 3.05) is 5.32 Å². The number of benzene rings is 1. The minimum absolute atomic E-state index is 0.211. The number of aryl methyl sites for hydroxylation is 2. The van der Waals surface area contributed by atoms with Crippen LogP contribution in [0.2, 0.25) is 0 Å². The lowest BCUT2D eigenvalue weighted by atomic mass is 10.0. The number of para-hydroxylation sites is 1. The summed E-state index contributed by atoms with van der Waals surface area (Å²) in [5.41, 5.74) is 3.91. The van der Waals surface area contributed by atoms with Gasteiger partial charge < -0.3 is 0 Å². The number of anilines is 1. The number of pyridine rings is 1. The van der Waals surface area contributed by atoms with E-state index in [4.69, 9.17) is 0 Å². The van der Waals surface area contributed by atoms with E-state index in [9.17, 15) is 4.79 Å². The maximum Gasteiger partial charge on any atom is 0.261 e. The second-order valence-electron chi connectivity index (χ2n) is 6.96. The molecule has 0 aliphatic heterocycles. The second kappa shape index (κ2) is 7.60. The number of nitrogens with zero attached hydrogens (tertiary/aromatic N) is 4. The summed E-state index contributed by atoms with van der Waals surface area (Å²) < 4.78 is 1.73. The first-order valence-electron chi connectivity index (χ1n) is 9.63. The van der Waals surface area contributed by atoms with Gasteiger partial charge in [0.2, 0.25) is 0 Å². The van der Waals surface area contributed by atoms with E-state index < -0.39 is 0 Å². The van der Waals surface area contributed by atoms with Crippen LogP contribution in [-0.4, -0.2) is 25.7 Å². The van der Waals surface area contributed by atoms with E-state index in [1.165, 1.54) is 17.7 Å². The van der Waals surface area contributed by atoms with Gasteiger partial charge in [0.1, 0.15) is 5.69 Å². The Morgan fingerprint density at radius 2 is 1.93 bits per heavy atom. The molecule has 4 aromatic rings. The number of thiazole rings is 1. The molecule has 0 bridgehead atoms. The van der Waals surface area contributed by atoms with Gasteiger partial charge in [0, 0.05) is 29.0 Å². The fraction of sp³-hybridized carbons (Fsp3) is 0.182. The lowest BCUT2D eigenvalue weighted by Crippen LogP contribution is -2.12. The number of rotatable bonds is 4. The smallest absolute Gasteiger partial charge is 0.261 e. The van der Waals surface area contributed by atoms with Crippen molar-refractivity contribution in [3.8, 4) is 16.9 Å². The standard InChI is InChI=1S/C22H19N5OS/c28-21(25-22-24-18-10-4-5-11-19(18)29-22)17-14-27(16-8-2-1-3-9-16)26-20(17)15-7-6-12-23-13-15/h1-3,6-9,12-14H,4-5,10-11H2,(H,24,25,28). The highest BCUT2D eigenvalue weighted by Gasteiger charge is 2.21.